The zero-order valence-corrected chi connectivity index (χ0v) is 13.4. The fraction of sp³-hybridized carbons (Fsp3) is 0.438. The number of aromatic nitrogens is 3. The van der Waals surface area contributed by atoms with Gasteiger partial charge in [0, 0.05) is 18.9 Å². The molecule has 3 heterocycles. The highest BCUT2D eigenvalue weighted by atomic mass is 16.5. The van der Waals surface area contributed by atoms with Crippen molar-refractivity contribution >= 4 is 11.8 Å². The molecule has 7 heteroatoms. The summed E-state index contributed by atoms with van der Waals surface area (Å²) in [6.07, 6.45) is 2.55. The Morgan fingerprint density at radius 3 is 3.04 bits per heavy atom. The van der Waals surface area contributed by atoms with Gasteiger partial charge in [0.15, 0.2) is 0 Å². The van der Waals surface area contributed by atoms with Gasteiger partial charge in [-0.1, -0.05) is 6.07 Å². The van der Waals surface area contributed by atoms with Crippen molar-refractivity contribution in [2.24, 2.45) is 0 Å². The van der Waals surface area contributed by atoms with Crippen LogP contribution in [0.5, 0.6) is 0 Å². The molecule has 2 amide bonds. The maximum atomic E-state index is 12.3. The van der Waals surface area contributed by atoms with Gasteiger partial charge >= 0.3 is 6.03 Å². The Kier molecular flexibility index (Phi) is 4.29. The van der Waals surface area contributed by atoms with Crippen LogP contribution in [-0.2, 0) is 11.3 Å². The van der Waals surface area contributed by atoms with Gasteiger partial charge in [0.05, 0.1) is 30.1 Å². The lowest BCUT2D eigenvalue weighted by Crippen LogP contribution is -2.48. The number of ether oxygens (including phenoxy) is 1. The molecule has 2 aromatic heterocycles. The van der Waals surface area contributed by atoms with Crippen molar-refractivity contribution in [1.29, 1.82) is 0 Å². The van der Waals surface area contributed by atoms with Crippen molar-refractivity contribution in [3.05, 3.63) is 41.9 Å². The summed E-state index contributed by atoms with van der Waals surface area (Å²) >= 11 is 0. The third-order valence-electron chi connectivity index (χ3n) is 3.82. The predicted molar refractivity (Wildman–Crippen MR) is 86.3 cm³/mol. The summed E-state index contributed by atoms with van der Waals surface area (Å²) in [5.41, 5.74) is 1.41. The van der Waals surface area contributed by atoms with E-state index in [4.69, 9.17) is 4.74 Å². The summed E-state index contributed by atoms with van der Waals surface area (Å²) in [7, 11) is 0. The molecule has 2 N–H and O–H groups in total. The van der Waals surface area contributed by atoms with Crippen LogP contribution in [0.3, 0.4) is 0 Å². The largest absolute Gasteiger partial charge is 0.379 e. The molecule has 1 aliphatic rings. The average Bonchev–Trinajstić information content (AvgIpc) is 3.06. The van der Waals surface area contributed by atoms with E-state index < -0.39 is 0 Å². The van der Waals surface area contributed by atoms with Crippen LogP contribution in [-0.4, -0.2) is 39.5 Å². The lowest BCUT2D eigenvalue weighted by atomic mass is 10.0. The third kappa shape index (κ3) is 3.87. The van der Waals surface area contributed by atoms with Crippen molar-refractivity contribution in [1.82, 2.24) is 20.1 Å². The average molecular weight is 315 g/mol. The number of hydrogen-bond acceptors (Lipinski definition) is 4. The minimum Gasteiger partial charge on any atom is -0.379 e. The van der Waals surface area contributed by atoms with Gasteiger partial charge < -0.3 is 10.1 Å². The van der Waals surface area contributed by atoms with E-state index in [1.165, 1.54) is 0 Å². The Labute approximate surface area is 135 Å². The van der Waals surface area contributed by atoms with Gasteiger partial charge in [-0.2, -0.15) is 5.10 Å². The standard InChI is InChI=1S/C16H21N5O2/c1-12-9-14(18-15(22)19-16(2)6-8-23-11-16)21(20-12)10-13-5-3-4-7-17-13/h3-5,7,9H,6,8,10-11H2,1-2H3,(H2,18,19,22)/t16-/m1/s1. The molecule has 1 atom stereocenters. The number of aryl methyl sites for hydroxylation is 1. The number of urea groups is 1. The van der Waals surface area contributed by atoms with Gasteiger partial charge in [0.25, 0.3) is 0 Å². The van der Waals surface area contributed by atoms with Crippen LogP contribution in [0.4, 0.5) is 10.6 Å². The zero-order chi connectivity index (χ0) is 16.3. The number of carbonyl (C=O) groups excluding carboxylic acids is 1. The molecule has 3 rings (SSSR count). The number of anilines is 1. The molecule has 1 saturated heterocycles. The van der Waals surface area contributed by atoms with Gasteiger partial charge in [-0.15, -0.1) is 0 Å². The molecule has 0 radical (unpaired) electrons. The van der Waals surface area contributed by atoms with Crippen LogP contribution in [0.15, 0.2) is 30.5 Å². The molecule has 0 spiro atoms. The summed E-state index contributed by atoms with van der Waals surface area (Å²) in [6, 6.07) is 7.32. The number of amides is 2. The quantitative estimate of drug-likeness (QED) is 0.903. The minimum atomic E-state index is -0.315. The zero-order valence-electron chi connectivity index (χ0n) is 13.4. The highest BCUT2D eigenvalue weighted by molar-refractivity contribution is 5.89. The van der Waals surface area contributed by atoms with Crippen LogP contribution >= 0.6 is 0 Å². The first-order valence-electron chi connectivity index (χ1n) is 7.65. The maximum Gasteiger partial charge on any atom is 0.320 e. The Morgan fingerprint density at radius 1 is 1.48 bits per heavy atom. The van der Waals surface area contributed by atoms with E-state index >= 15 is 0 Å². The molecular weight excluding hydrogens is 294 g/mol. The topological polar surface area (TPSA) is 81.1 Å². The number of hydrogen-bond donors (Lipinski definition) is 2. The fourth-order valence-electron chi connectivity index (χ4n) is 2.60. The third-order valence-corrected chi connectivity index (χ3v) is 3.82. The molecule has 0 unspecified atom stereocenters. The molecule has 1 fully saturated rings. The van der Waals surface area contributed by atoms with Crippen molar-refractivity contribution in [2.45, 2.75) is 32.4 Å². The molecule has 122 valence electrons. The lowest BCUT2D eigenvalue weighted by Gasteiger charge is -2.23. The molecule has 0 saturated carbocycles. The molecule has 0 aliphatic carbocycles. The van der Waals surface area contributed by atoms with E-state index in [9.17, 15) is 4.79 Å². The van der Waals surface area contributed by atoms with Gasteiger partial charge in [0.2, 0.25) is 0 Å². The van der Waals surface area contributed by atoms with E-state index in [-0.39, 0.29) is 11.6 Å². The first-order valence-corrected chi connectivity index (χ1v) is 7.65. The Hall–Kier alpha value is -2.41. The van der Waals surface area contributed by atoms with Crippen molar-refractivity contribution in [3.63, 3.8) is 0 Å². The Balaban J connectivity index is 1.69. The summed E-state index contributed by atoms with van der Waals surface area (Å²) < 4.78 is 7.09. The summed E-state index contributed by atoms with van der Waals surface area (Å²) in [4.78, 5) is 16.5. The van der Waals surface area contributed by atoms with Crippen molar-refractivity contribution in [3.8, 4) is 0 Å². The first kappa shape index (κ1) is 15.5. The number of rotatable bonds is 4. The number of nitrogens with zero attached hydrogens (tertiary/aromatic N) is 3. The van der Waals surface area contributed by atoms with Gasteiger partial charge in [-0.3, -0.25) is 10.3 Å². The SMILES string of the molecule is Cc1cc(NC(=O)N[C@]2(C)CCOC2)n(Cc2ccccn2)n1. The van der Waals surface area contributed by atoms with Gasteiger partial charge in [0.1, 0.15) is 5.82 Å². The highest BCUT2D eigenvalue weighted by Crippen LogP contribution is 2.18. The molecule has 7 nitrogen and oxygen atoms in total. The van der Waals surface area contributed by atoms with Crippen LogP contribution in [0.1, 0.15) is 24.7 Å². The molecule has 1 aliphatic heterocycles. The van der Waals surface area contributed by atoms with Crippen molar-refractivity contribution in [2.75, 3.05) is 18.5 Å². The summed E-state index contributed by atoms with van der Waals surface area (Å²) in [6.45, 7) is 5.59. The molecule has 2 aromatic rings. The number of nitrogens with one attached hydrogen (secondary N) is 2. The predicted octanol–water partition coefficient (Wildman–Crippen LogP) is 1.94. The minimum absolute atomic E-state index is 0.250. The second-order valence-corrected chi connectivity index (χ2v) is 6.09. The maximum absolute atomic E-state index is 12.3. The number of pyridine rings is 1. The fourth-order valence-corrected chi connectivity index (χ4v) is 2.60. The molecule has 23 heavy (non-hydrogen) atoms. The van der Waals surface area contributed by atoms with Crippen LogP contribution in [0, 0.1) is 6.92 Å². The summed E-state index contributed by atoms with van der Waals surface area (Å²) in [5.74, 6) is 0.646. The normalized spacial score (nSPS) is 20.4. The monoisotopic (exact) mass is 315 g/mol. The molecule has 0 bridgehead atoms. The Bertz CT molecular complexity index is 677. The summed E-state index contributed by atoms with van der Waals surface area (Å²) in [5, 5.41) is 10.3. The van der Waals surface area contributed by atoms with E-state index in [0.29, 0.717) is 25.6 Å². The lowest BCUT2D eigenvalue weighted by molar-refractivity contribution is 0.172. The molecule has 0 aromatic carbocycles. The highest BCUT2D eigenvalue weighted by Gasteiger charge is 2.31. The van der Waals surface area contributed by atoms with Gasteiger partial charge in [-0.25, -0.2) is 9.48 Å². The van der Waals surface area contributed by atoms with Crippen LogP contribution in [0.25, 0.3) is 0 Å². The van der Waals surface area contributed by atoms with E-state index in [1.54, 1.807) is 10.9 Å². The van der Waals surface area contributed by atoms with E-state index in [0.717, 1.165) is 17.8 Å². The second kappa shape index (κ2) is 6.37. The van der Waals surface area contributed by atoms with Crippen molar-refractivity contribution < 1.29 is 9.53 Å². The first-order chi connectivity index (χ1) is 11.0. The van der Waals surface area contributed by atoms with E-state index in [2.05, 4.69) is 20.7 Å². The van der Waals surface area contributed by atoms with E-state index in [1.807, 2.05) is 38.1 Å². The second-order valence-electron chi connectivity index (χ2n) is 6.09. The number of carbonyl (C=O) groups is 1. The smallest absolute Gasteiger partial charge is 0.320 e. The molecular formula is C16H21N5O2. The van der Waals surface area contributed by atoms with Crippen LogP contribution < -0.4 is 10.6 Å². The van der Waals surface area contributed by atoms with Gasteiger partial charge in [-0.05, 0) is 32.4 Å². The van der Waals surface area contributed by atoms with Crippen LogP contribution in [0.2, 0.25) is 0 Å². The Morgan fingerprint density at radius 2 is 2.35 bits per heavy atom.